The summed E-state index contributed by atoms with van der Waals surface area (Å²) in [4.78, 5) is 30.1. The van der Waals surface area contributed by atoms with Crippen LogP contribution in [0.2, 0.25) is 5.02 Å². The van der Waals surface area contributed by atoms with Crippen LogP contribution in [-0.2, 0) is 11.3 Å². The van der Waals surface area contributed by atoms with E-state index in [0.717, 1.165) is 51.8 Å². The summed E-state index contributed by atoms with van der Waals surface area (Å²) in [5.74, 6) is 0.725. The number of nitrogens with zero attached hydrogens (tertiary/aromatic N) is 4. The van der Waals surface area contributed by atoms with Gasteiger partial charge in [0.05, 0.1) is 41.9 Å². The molecule has 3 aromatic heterocycles. The molecule has 1 unspecified atom stereocenters. The lowest BCUT2D eigenvalue weighted by Gasteiger charge is -2.32. The fourth-order valence-electron chi connectivity index (χ4n) is 4.15. The van der Waals surface area contributed by atoms with Crippen LogP contribution < -0.4 is 10.2 Å². The lowest BCUT2D eigenvalue weighted by atomic mass is 10.1. The van der Waals surface area contributed by atoms with Crippen molar-refractivity contribution < 1.29 is 9.53 Å². The number of halogens is 1. The molecule has 36 heavy (non-hydrogen) atoms. The highest BCUT2D eigenvalue weighted by molar-refractivity contribution is 7.98. The molecule has 1 atom stereocenters. The SMILES string of the molecule is CSc1cc(Cl)cc(C(=O)NCc2cc3nc(-c4cccc(N5CCOC(C)C5)n4)ccc3cn2)c1. The predicted octanol–water partition coefficient (Wildman–Crippen LogP) is 5.22. The average Bonchev–Trinajstić information content (AvgIpc) is 2.91. The Kier molecular flexibility index (Phi) is 7.36. The number of morpholine rings is 1. The van der Waals surface area contributed by atoms with Crippen molar-refractivity contribution in [3.8, 4) is 11.4 Å². The molecule has 1 saturated heterocycles. The van der Waals surface area contributed by atoms with Crippen molar-refractivity contribution in [3.05, 3.63) is 77.1 Å². The van der Waals surface area contributed by atoms with Gasteiger partial charge in [-0.2, -0.15) is 0 Å². The number of amides is 1. The van der Waals surface area contributed by atoms with Gasteiger partial charge in [0.1, 0.15) is 5.82 Å². The molecule has 0 saturated carbocycles. The number of hydrogen-bond acceptors (Lipinski definition) is 7. The van der Waals surface area contributed by atoms with E-state index in [2.05, 4.69) is 22.1 Å². The zero-order valence-electron chi connectivity index (χ0n) is 20.1. The second-order valence-electron chi connectivity index (χ2n) is 8.64. The number of pyridine rings is 3. The summed E-state index contributed by atoms with van der Waals surface area (Å²) in [6.07, 6.45) is 3.90. The molecule has 0 aliphatic carbocycles. The lowest BCUT2D eigenvalue weighted by Crippen LogP contribution is -2.41. The number of carbonyl (C=O) groups is 1. The van der Waals surface area contributed by atoms with Gasteiger partial charge in [-0.25, -0.2) is 9.97 Å². The molecule has 0 spiro atoms. The molecule has 9 heteroatoms. The van der Waals surface area contributed by atoms with Gasteiger partial charge >= 0.3 is 0 Å². The van der Waals surface area contributed by atoms with Crippen molar-refractivity contribution >= 4 is 46.0 Å². The van der Waals surface area contributed by atoms with E-state index >= 15 is 0 Å². The summed E-state index contributed by atoms with van der Waals surface area (Å²) in [6, 6.07) is 17.2. The second kappa shape index (κ2) is 10.8. The molecule has 1 amide bonds. The standard InChI is InChI=1S/C27H26ClN5O2S/c1-17-16-33(8-9-35-17)26-5-3-4-23(32-26)24-7-6-18-14-29-21(13-25(18)31-24)15-30-27(34)19-10-20(28)12-22(11-19)36-2/h3-7,10-14,17H,8-9,15-16H2,1-2H3,(H,30,34). The summed E-state index contributed by atoms with van der Waals surface area (Å²) >= 11 is 7.69. The fraction of sp³-hybridized carbons (Fsp3) is 0.259. The number of ether oxygens (including phenoxy) is 1. The number of fused-ring (bicyclic) bond motifs is 1. The lowest BCUT2D eigenvalue weighted by molar-refractivity contribution is 0.0529. The molecule has 1 aliphatic rings. The van der Waals surface area contributed by atoms with E-state index in [1.165, 1.54) is 0 Å². The maximum Gasteiger partial charge on any atom is 0.251 e. The minimum absolute atomic E-state index is 0.181. The third-order valence-electron chi connectivity index (χ3n) is 5.99. The van der Waals surface area contributed by atoms with Crippen molar-refractivity contribution in [3.63, 3.8) is 0 Å². The fourth-order valence-corrected chi connectivity index (χ4v) is 4.94. The van der Waals surface area contributed by atoms with Crippen LogP contribution in [0.5, 0.6) is 0 Å². The summed E-state index contributed by atoms with van der Waals surface area (Å²) in [6.45, 7) is 4.69. The average molecular weight is 520 g/mol. The Labute approximate surface area is 219 Å². The highest BCUT2D eigenvalue weighted by atomic mass is 35.5. The minimum atomic E-state index is -0.199. The molecule has 0 radical (unpaired) electrons. The van der Waals surface area contributed by atoms with Gasteiger partial charge in [0.25, 0.3) is 5.91 Å². The van der Waals surface area contributed by atoms with Gasteiger partial charge < -0.3 is 15.0 Å². The molecule has 4 heterocycles. The van der Waals surface area contributed by atoms with Crippen LogP contribution in [0.4, 0.5) is 5.82 Å². The van der Waals surface area contributed by atoms with Crippen molar-refractivity contribution in [2.75, 3.05) is 30.9 Å². The van der Waals surface area contributed by atoms with Crippen molar-refractivity contribution in [1.82, 2.24) is 20.3 Å². The number of aromatic nitrogens is 3. The number of rotatable bonds is 6. The Bertz CT molecular complexity index is 1420. The first-order chi connectivity index (χ1) is 17.5. The Morgan fingerprint density at radius 2 is 2.03 bits per heavy atom. The van der Waals surface area contributed by atoms with E-state index in [4.69, 9.17) is 26.3 Å². The Morgan fingerprint density at radius 3 is 2.86 bits per heavy atom. The quantitative estimate of drug-likeness (QED) is 0.350. The largest absolute Gasteiger partial charge is 0.375 e. The zero-order chi connectivity index (χ0) is 25.1. The highest BCUT2D eigenvalue weighted by Gasteiger charge is 2.18. The van der Waals surface area contributed by atoms with E-state index in [1.54, 1.807) is 24.0 Å². The summed E-state index contributed by atoms with van der Waals surface area (Å²) < 4.78 is 5.66. The minimum Gasteiger partial charge on any atom is -0.375 e. The smallest absolute Gasteiger partial charge is 0.251 e. The van der Waals surface area contributed by atoms with Crippen LogP contribution in [0.1, 0.15) is 23.0 Å². The number of carbonyl (C=O) groups excluding carboxylic acids is 1. The van der Waals surface area contributed by atoms with Gasteiger partial charge in [-0.1, -0.05) is 17.7 Å². The molecule has 1 N–H and O–H groups in total. The van der Waals surface area contributed by atoms with Crippen molar-refractivity contribution in [1.29, 1.82) is 0 Å². The van der Waals surface area contributed by atoms with E-state index in [-0.39, 0.29) is 18.6 Å². The molecule has 184 valence electrons. The van der Waals surface area contributed by atoms with Crippen LogP contribution in [0.15, 0.2) is 65.7 Å². The molecule has 1 aliphatic heterocycles. The molecular weight excluding hydrogens is 494 g/mol. The zero-order valence-corrected chi connectivity index (χ0v) is 21.6. The van der Waals surface area contributed by atoms with Crippen LogP contribution in [0.25, 0.3) is 22.3 Å². The van der Waals surface area contributed by atoms with Gasteiger partial charge in [0.15, 0.2) is 0 Å². The summed E-state index contributed by atoms with van der Waals surface area (Å²) in [7, 11) is 0. The Morgan fingerprint density at radius 1 is 1.17 bits per heavy atom. The maximum absolute atomic E-state index is 12.7. The first-order valence-electron chi connectivity index (χ1n) is 11.7. The highest BCUT2D eigenvalue weighted by Crippen LogP contribution is 2.24. The van der Waals surface area contributed by atoms with Crippen LogP contribution in [0.3, 0.4) is 0 Å². The normalized spacial score (nSPS) is 15.8. The van der Waals surface area contributed by atoms with Gasteiger partial charge in [-0.3, -0.25) is 9.78 Å². The van der Waals surface area contributed by atoms with Gasteiger partial charge in [0, 0.05) is 40.2 Å². The molecule has 1 aromatic carbocycles. The maximum atomic E-state index is 12.7. The molecule has 4 aromatic rings. The third-order valence-corrected chi connectivity index (χ3v) is 6.92. The molecule has 0 bridgehead atoms. The van der Waals surface area contributed by atoms with Gasteiger partial charge in [-0.15, -0.1) is 11.8 Å². The number of hydrogen-bond donors (Lipinski definition) is 1. The topological polar surface area (TPSA) is 80.2 Å². The molecule has 1 fully saturated rings. The van der Waals surface area contributed by atoms with Crippen LogP contribution in [0, 0.1) is 0 Å². The van der Waals surface area contributed by atoms with Crippen LogP contribution >= 0.6 is 23.4 Å². The van der Waals surface area contributed by atoms with Gasteiger partial charge in [0.2, 0.25) is 0 Å². The van der Waals surface area contributed by atoms with Gasteiger partial charge in [-0.05, 0) is 61.7 Å². The Balaban J connectivity index is 1.34. The number of thioether (sulfide) groups is 1. The molecule has 7 nitrogen and oxygen atoms in total. The van der Waals surface area contributed by atoms with E-state index in [9.17, 15) is 4.79 Å². The predicted molar refractivity (Wildman–Crippen MR) is 145 cm³/mol. The Hall–Kier alpha value is -3.20. The first kappa shape index (κ1) is 24.5. The third kappa shape index (κ3) is 5.61. The van der Waals surface area contributed by atoms with E-state index in [1.807, 2.05) is 54.8 Å². The monoisotopic (exact) mass is 519 g/mol. The molecule has 5 rings (SSSR count). The molecular formula is C27H26ClN5O2S. The first-order valence-corrected chi connectivity index (χ1v) is 13.3. The second-order valence-corrected chi connectivity index (χ2v) is 9.95. The van der Waals surface area contributed by atoms with E-state index < -0.39 is 0 Å². The number of anilines is 1. The summed E-state index contributed by atoms with van der Waals surface area (Å²) in [5, 5.41) is 4.39. The number of nitrogens with one attached hydrogen (secondary N) is 1. The van der Waals surface area contributed by atoms with Crippen molar-refractivity contribution in [2.24, 2.45) is 0 Å². The summed E-state index contributed by atoms with van der Waals surface area (Å²) in [5.41, 5.74) is 3.64. The van der Waals surface area contributed by atoms with E-state index in [0.29, 0.717) is 17.2 Å². The van der Waals surface area contributed by atoms with Crippen LogP contribution in [-0.4, -0.2) is 52.9 Å². The van der Waals surface area contributed by atoms with Crippen molar-refractivity contribution in [2.45, 2.75) is 24.5 Å². The number of benzene rings is 1.